The molecule has 0 fully saturated rings. The van der Waals surface area contributed by atoms with Gasteiger partial charge in [0.25, 0.3) is 5.69 Å². The van der Waals surface area contributed by atoms with Crippen molar-refractivity contribution in [2.24, 2.45) is 4.99 Å². The molecule has 27 heavy (non-hydrogen) atoms. The highest BCUT2D eigenvalue weighted by molar-refractivity contribution is 5.87. The molecule has 0 saturated heterocycles. The van der Waals surface area contributed by atoms with Crippen molar-refractivity contribution in [1.82, 2.24) is 9.38 Å². The first-order valence-electron chi connectivity index (χ1n) is 8.17. The predicted octanol–water partition coefficient (Wildman–Crippen LogP) is 4.37. The van der Waals surface area contributed by atoms with Crippen molar-refractivity contribution in [1.29, 1.82) is 0 Å². The molecule has 1 N–H and O–H groups in total. The Hall–Kier alpha value is -4.00. The number of aliphatic imine (C=N–C) groups is 1. The van der Waals surface area contributed by atoms with Crippen LogP contribution >= 0.6 is 0 Å². The monoisotopic (exact) mass is 358 g/mol. The molecule has 0 aliphatic carbocycles. The summed E-state index contributed by atoms with van der Waals surface area (Å²) in [6, 6.07) is 18.7. The van der Waals surface area contributed by atoms with E-state index in [0.29, 0.717) is 28.3 Å². The number of nitrogens with zero attached hydrogens (tertiary/aromatic N) is 4. The molecule has 7 nitrogen and oxygen atoms in total. The van der Waals surface area contributed by atoms with Gasteiger partial charge in [-0.15, -0.1) is 0 Å². The molecule has 0 spiro atoms. The lowest BCUT2D eigenvalue weighted by Crippen LogP contribution is -1.89. The van der Waals surface area contributed by atoms with Crippen LogP contribution in [0.2, 0.25) is 0 Å². The molecule has 2 aromatic heterocycles. The van der Waals surface area contributed by atoms with Crippen molar-refractivity contribution in [3.63, 3.8) is 0 Å². The number of hydrogen-bond acceptors (Lipinski definition) is 5. The summed E-state index contributed by atoms with van der Waals surface area (Å²) in [5, 5.41) is 21.1. The Morgan fingerprint density at radius 2 is 1.89 bits per heavy atom. The van der Waals surface area contributed by atoms with E-state index < -0.39 is 4.92 Å². The summed E-state index contributed by atoms with van der Waals surface area (Å²) in [6.07, 6.45) is 3.37. The average Bonchev–Trinajstić information content (AvgIpc) is 3.06. The molecule has 0 saturated carbocycles. The van der Waals surface area contributed by atoms with Crippen LogP contribution < -0.4 is 0 Å². The number of pyridine rings is 1. The van der Waals surface area contributed by atoms with Gasteiger partial charge >= 0.3 is 0 Å². The lowest BCUT2D eigenvalue weighted by Gasteiger charge is -2.01. The lowest BCUT2D eigenvalue weighted by atomic mass is 10.1. The van der Waals surface area contributed by atoms with Crippen LogP contribution in [0.15, 0.2) is 77.9 Å². The maximum atomic E-state index is 11.1. The van der Waals surface area contributed by atoms with E-state index in [9.17, 15) is 15.2 Å². The summed E-state index contributed by atoms with van der Waals surface area (Å²) in [7, 11) is 0. The highest BCUT2D eigenvalue weighted by Gasteiger charge is 2.16. The second kappa shape index (κ2) is 6.72. The Kier molecular flexibility index (Phi) is 4.10. The maximum absolute atomic E-state index is 11.1. The van der Waals surface area contributed by atoms with Crippen LogP contribution in [0, 0.1) is 10.1 Å². The molecule has 0 aliphatic heterocycles. The van der Waals surface area contributed by atoms with E-state index >= 15 is 0 Å². The van der Waals surface area contributed by atoms with E-state index in [1.807, 2.05) is 24.4 Å². The number of imidazole rings is 1. The number of hydrogen-bond donors (Lipinski definition) is 1. The van der Waals surface area contributed by atoms with Gasteiger partial charge in [0.15, 0.2) is 5.82 Å². The number of para-hydroxylation sites is 1. The first kappa shape index (κ1) is 16.5. The van der Waals surface area contributed by atoms with E-state index in [1.165, 1.54) is 12.1 Å². The molecule has 2 heterocycles. The van der Waals surface area contributed by atoms with Gasteiger partial charge in [-0.3, -0.25) is 14.5 Å². The van der Waals surface area contributed by atoms with E-state index in [4.69, 9.17) is 0 Å². The Morgan fingerprint density at radius 1 is 1.07 bits per heavy atom. The third-order valence-corrected chi connectivity index (χ3v) is 4.10. The minimum Gasteiger partial charge on any atom is -0.507 e. The Balaban J connectivity index is 1.89. The molecule has 4 rings (SSSR count). The Morgan fingerprint density at radius 3 is 2.70 bits per heavy atom. The van der Waals surface area contributed by atoms with Crippen molar-refractivity contribution >= 4 is 23.4 Å². The fourth-order valence-electron chi connectivity index (χ4n) is 2.79. The standard InChI is InChI=1S/C20H14N4O3/c25-17-9-2-1-6-15(17)13-21-20-19(22-18-10-3-4-11-23(18)20)14-7-5-8-16(12-14)24(26)27/h1-13,25H/b21-13+. The number of nitro groups is 1. The smallest absolute Gasteiger partial charge is 0.270 e. The van der Waals surface area contributed by atoms with Crippen LogP contribution in [-0.4, -0.2) is 25.6 Å². The molecular formula is C20H14N4O3. The van der Waals surface area contributed by atoms with Crippen molar-refractivity contribution in [3.05, 3.63) is 88.6 Å². The predicted molar refractivity (Wildman–Crippen MR) is 103 cm³/mol. The zero-order valence-electron chi connectivity index (χ0n) is 14.1. The summed E-state index contributed by atoms with van der Waals surface area (Å²) in [5.41, 5.74) is 2.34. The SMILES string of the molecule is O=[N+]([O-])c1cccc(-c2nc3ccccn3c2/N=C/c2ccccc2O)c1. The number of phenolic OH excluding ortho intramolecular Hbond substituents is 1. The van der Waals surface area contributed by atoms with Gasteiger partial charge in [0, 0.05) is 35.7 Å². The number of nitro benzene ring substituents is 1. The first-order chi connectivity index (χ1) is 13.1. The van der Waals surface area contributed by atoms with E-state index in [-0.39, 0.29) is 11.4 Å². The summed E-state index contributed by atoms with van der Waals surface area (Å²) in [5.74, 6) is 0.640. The Bertz CT molecular complexity index is 1180. The normalized spacial score (nSPS) is 11.3. The zero-order valence-corrected chi connectivity index (χ0v) is 14.1. The number of aromatic nitrogens is 2. The fraction of sp³-hybridized carbons (Fsp3) is 0. The minimum absolute atomic E-state index is 0.0137. The molecule has 7 heteroatoms. The topological polar surface area (TPSA) is 93.0 Å². The lowest BCUT2D eigenvalue weighted by molar-refractivity contribution is -0.384. The number of phenols is 1. The molecule has 0 unspecified atom stereocenters. The number of fused-ring (bicyclic) bond motifs is 1. The molecule has 0 atom stereocenters. The molecule has 0 bridgehead atoms. The second-order valence-electron chi connectivity index (χ2n) is 5.84. The minimum atomic E-state index is -0.440. The van der Waals surface area contributed by atoms with Crippen molar-refractivity contribution in [2.75, 3.05) is 0 Å². The van der Waals surface area contributed by atoms with Crippen molar-refractivity contribution < 1.29 is 10.0 Å². The second-order valence-corrected chi connectivity index (χ2v) is 5.84. The largest absolute Gasteiger partial charge is 0.507 e. The van der Waals surface area contributed by atoms with Gasteiger partial charge in [0.05, 0.1) is 4.92 Å². The Labute approximate surface area is 154 Å². The van der Waals surface area contributed by atoms with Gasteiger partial charge in [-0.05, 0) is 24.3 Å². The average molecular weight is 358 g/mol. The van der Waals surface area contributed by atoms with Crippen LogP contribution in [0.3, 0.4) is 0 Å². The highest BCUT2D eigenvalue weighted by Crippen LogP contribution is 2.32. The summed E-state index contributed by atoms with van der Waals surface area (Å²) in [4.78, 5) is 19.8. The van der Waals surface area contributed by atoms with E-state index in [1.54, 1.807) is 47.0 Å². The summed E-state index contributed by atoms with van der Waals surface area (Å²) >= 11 is 0. The number of aromatic hydroxyl groups is 1. The molecule has 0 aliphatic rings. The quantitative estimate of drug-likeness (QED) is 0.333. The van der Waals surface area contributed by atoms with Crippen molar-refractivity contribution in [3.8, 4) is 17.0 Å². The van der Waals surface area contributed by atoms with Crippen LogP contribution in [0.4, 0.5) is 11.5 Å². The van der Waals surface area contributed by atoms with Gasteiger partial charge in [-0.25, -0.2) is 9.98 Å². The van der Waals surface area contributed by atoms with Gasteiger partial charge in [0.2, 0.25) is 0 Å². The molecule has 4 aromatic rings. The molecule has 132 valence electrons. The van der Waals surface area contributed by atoms with Crippen LogP contribution in [0.5, 0.6) is 5.75 Å². The molecule has 0 amide bonds. The zero-order chi connectivity index (χ0) is 18.8. The van der Waals surface area contributed by atoms with Crippen molar-refractivity contribution in [2.45, 2.75) is 0 Å². The van der Waals surface area contributed by atoms with Gasteiger partial charge in [-0.2, -0.15) is 0 Å². The summed E-state index contributed by atoms with van der Waals surface area (Å²) < 4.78 is 1.80. The molecule has 2 aromatic carbocycles. The van der Waals surface area contributed by atoms with Crippen LogP contribution in [0.1, 0.15) is 5.56 Å². The summed E-state index contributed by atoms with van der Waals surface area (Å²) in [6.45, 7) is 0. The van der Waals surface area contributed by atoms with Crippen LogP contribution in [0.25, 0.3) is 16.9 Å². The number of rotatable bonds is 4. The van der Waals surface area contributed by atoms with Crippen LogP contribution in [-0.2, 0) is 0 Å². The van der Waals surface area contributed by atoms with Gasteiger partial charge < -0.3 is 5.11 Å². The molecular weight excluding hydrogens is 344 g/mol. The maximum Gasteiger partial charge on any atom is 0.270 e. The van der Waals surface area contributed by atoms with E-state index in [2.05, 4.69) is 9.98 Å². The van der Waals surface area contributed by atoms with Gasteiger partial charge in [0.1, 0.15) is 17.1 Å². The highest BCUT2D eigenvalue weighted by atomic mass is 16.6. The first-order valence-corrected chi connectivity index (χ1v) is 8.17. The fourth-order valence-corrected chi connectivity index (χ4v) is 2.79. The third kappa shape index (κ3) is 3.13. The molecule has 0 radical (unpaired) electrons. The van der Waals surface area contributed by atoms with E-state index in [0.717, 1.165) is 0 Å². The number of non-ortho nitro benzene ring substituents is 1. The van der Waals surface area contributed by atoms with Gasteiger partial charge in [-0.1, -0.05) is 30.3 Å². The number of benzene rings is 2. The third-order valence-electron chi connectivity index (χ3n) is 4.10.